The van der Waals surface area contributed by atoms with Crippen LogP contribution in [0.15, 0.2) is 170 Å². The Kier molecular flexibility index (Phi) is 14.3. The molecule has 8 aromatic rings. The average Bonchev–Trinajstić information content (AvgIpc) is 1.52. The Hall–Kier alpha value is -9.94. The third-order valence-corrected chi connectivity index (χ3v) is 16.4. The van der Waals surface area contributed by atoms with Crippen LogP contribution in [0.2, 0.25) is 0 Å². The van der Waals surface area contributed by atoms with Crippen LogP contribution in [0.4, 0.5) is 16.2 Å². The van der Waals surface area contributed by atoms with Crippen LogP contribution in [0.5, 0.6) is 17.2 Å². The molecule has 1 aromatic heterocycles. The summed E-state index contributed by atoms with van der Waals surface area (Å²) in [7, 11) is 0. The number of imide groups is 1. The minimum absolute atomic E-state index is 0.0794. The predicted octanol–water partition coefficient (Wildman–Crippen LogP) is 7.84. The van der Waals surface area contributed by atoms with E-state index in [0.717, 1.165) is 16.0 Å². The number of esters is 1. The topological polar surface area (TPSA) is 221 Å². The Morgan fingerprint density at radius 3 is 2.26 bits per heavy atom. The number of non-ortho nitro benzene ring substituents is 1. The van der Waals surface area contributed by atoms with Crippen molar-refractivity contribution in [2.45, 2.75) is 49.3 Å². The number of amides is 3. The van der Waals surface area contributed by atoms with Gasteiger partial charge in [-0.05, 0) is 88.5 Å². The summed E-state index contributed by atoms with van der Waals surface area (Å²) in [6.45, 7) is 1.17. The first-order valence-corrected chi connectivity index (χ1v) is 27.6. The first kappa shape index (κ1) is 53.4. The van der Waals surface area contributed by atoms with Gasteiger partial charge in [-0.1, -0.05) is 114 Å². The fourth-order valence-corrected chi connectivity index (χ4v) is 12.7. The standard InChI is InChI=1S/C64H54N8O12/c73-34-35-80-52-20-10-7-17-47(52)59-64(48-36-41(12-11-29-69-51-19-9-8-18-49(51)65-66-69)23-27-50(48)70(62(64)76)63(77)81-39-42-21-25-46(26-22-42)72(78)79)55(60(74)68-32-30-67(31-33-68)38-43-24-28-53-54(37-43)83-40-82-53)57-61(75)84-58(45-15-5-2-6-16-45)56(71(57)59)44-13-3-1-4-14-44/h1-10,13-28,36-37,55-59,73H,29-35,38-40H2/t55-,56-,57-,58+,59+,64-/m0/s1. The molecule has 0 saturated carbocycles. The summed E-state index contributed by atoms with van der Waals surface area (Å²) in [4.78, 5) is 82.7. The minimum Gasteiger partial charge on any atom is -0.491 e. The molecule has 0 aliphatic carbocycles. The molecule has 84 heavy (non-hydrogen) atoms. The first-order chi connectivity index (χ1) is 41.1. The Balaban J connectivity index is 1.00. The van der Waals surface area contributed by atoms with E-state index in [9.17, 15) is 15.2 Å². The number of benzene rings is 7. The van der Waals surface area contributed by atoms with Gasteiger partial charge in [-0.15, -0.1) is 5.10 Å². The van der Waals surface area contributed by atoms with Gasteiger partial charge in [0.2, 0.25) is 18.6 Å². The fourth-order valence-electron chi connectivity index (χ4n) is 12.7. The number of nitrogens with zero attached hydrogens (tertiary/aromatic N) is 8. The molecule has 3 saturated heterocycles. The van der Waals surface area contributed by atoms with E-state index in [0.29, 0.717) is 64.5 Å². The summed E-state index contributed by atoms with van der Waals surface area (Å²) in [5.41, 5.74) is 2.93. The molecular weight excluding hydrogens is 1070 g/mol. The van der Waals surface area contributed by atoms with E-state index in [2.05, 4.69) is 27.1 Å². The highest BCUT2D eigenvalue weighted by Gasteiger charge is 2.76. The van der Waals surface area contributed by atoms with E-state index in [4.69, 9.17) is 23.7 Å². The molecule has 6 atom stereocenters. The van der Waals surface area contributed by atoms with Crippen LogP contribution in [0.1, 0.15) is 57.1 Å². The number of aliphatic hydroxyl groups is 1. The van der Waals surface area contributed by atoms with Gasteiger partial charge in [0.15, 0.2) is 11.5 Å². The highest BCUT2D eigenvalue weighted by Crippen LogP contribution is 2.67. The van der Waals surface area contributed by atoms with E-state index >= 15 is 19.2 Å². The zero-order chi connectivity index (χ0) is 57.5. The van der Waals surface area contributed by atoms with E-state index in [1.54, 1.807) is 52.0 Å². The van der Waals surface area contributed by atoms with Crippen LogP contribution >= 0.6 is 0 Å². The maximum atomic E-state index is 17.1. The molecule has 5 aliphatic heterocycles. The van der Waals surface area contributed by atoms with Crippen molar-refractivity contribution in [1.29, 1.82) is 0 Å². The summed E-state index contributed by atoms with van der Waals surface area (Å²) < 4.78 is 32.1. The van der Waals surface area contributed by atoms with Crippen molar-refractivity contribution in [2.75, 3.05) is 51.1 Å². The number of carbonyl (C=O) groups excluding carboxylic acids is 4. The number of anilines is 1. The Morgan fingerprint density at radius 2 is 1.49 bits per heavy atom. The summed E-state index contributed by atoms with van der Waals surface area (Å²) in [5.74, 6) is 4.31. The lowest BCUT2D eigenvalue weighted by Crippen LogP contribution is -2.59. The molecular formula is C64H54N8O12. The number of nitro benzene ring substituents is 1. The van der Waals surface area contributed by atoms with Crippen molar-refractivity contribution in [3.8, 4) is 29.1 Å². The van der Waals surface area contributed by atoms with Gasteiger partial charge >= 0.3 is 12.1 Å². The largest absolute Gasteiger partial charge is 0.491 e. The molecule has 0 bridgehead atoms. The third-order valence-electron chi connectivity index (χ3n) is 16.4. The molecule has 20 heteroatoms. The maximum absolute atomic E-state index is 17.1. The number of carbonyl (C=O) groups is 4. The third kappa shape index (κ3) is 9.47. The average molecular weight is 1130 g/mol. The molecule has 3 amide bonds. The van der Waals surface area contributed by atoms with Crippen LogP contribution in [0.25, 0.3) is 11.0 Å². The molecule has 3 fully saturated rings. The van der Waals surface area contributed by atoms with Crippen molar-refractivity contribution >= 4 is 46.3 Å². The zero-order valence-corrected chi connectivity index (χ0v) is 45.1. The van der Waals surface area contributed by atoms with Crippen LogP contribution in [-0.2, 0) is 49.0 Å². The SMILES string of the molecule is O=C1O[C@H](c2ccccc2)[C@H](c2ccccc2)N2[C@H]1[C@@H](C(=O)N1CCN(Cc3ccc4c(c3)OCO4)CC1)[C@]1(C(=O)N(C(=O)OCc3ccc([N+](=O)[O-])cc3)c3ccc(C#CCn4nnc5ccccc54)cc31)[C@H]2c1ccccc1OCCO. The molecule has 0 radical (unpaired) electrons. The number of para-hydroxylation sites is 2. The number of piperazine rings is 1. The highest BCUT2D eigenvalue weighted by molar-refractivity contribution is 6.23. The van der Waals surface area contributed by atoms with E-state index in [1.165, 1.54) is 24.3 Å². The van der Waals surface area contributed by atoms with Crippen LogP contribution < -0.4 is 19.1 Å². The van der Waals surface area contributed by atoms with E-state index < -0.39 is 64.4 Å². The van der Waals surface area contributed by atoms with E-state index in [1.807, 2.05) is 108 Å². The Bertz CT molecular complexity index is 3920. The Labute approximate surface area is 481 Å². The van der Waals surface area contributed by atoms with Crippen LogP contribution in [-0.4, -0.2) is 116 Å². The quantitative estimate of drug-likeness (QED) is 0.0503. The van der Waals surface area contributed by atoms with Gasteiger partial charge in [-0.2, -0.15) is 0 Å². The number of fused-ring (bicyclic) bond motifs is 5. The summed E-state index contributed by atoms with van der Waals surface area (Å²) in [6, 6.07) is 45.8. The molecule has 6 heterocycles. The highest BCUT2D eigenvalue weighted by atomic mass is 16.7. The van der Waals surface area contributed by atoms with Gasteiger partial charge in [-0.3, -0.25) is 34.3 Å². The zero-order valence-electron chi connectivity index (χ0n) is 45.1. The van der Waals surface area contributed by atoms with Crippen molar-refractivity contribution < 1.29 is 52.9 Å². The normalized spacial score (nSPS) is 21.6. The van der Waals surface area contributed by atoms with Gasteiger partial charge in [-0.25, -0.2) is 14.4 Å². The van der Waals surface area contributed by atoms with E-state index in [-0.39, 0.29) is 68.9 Å². The Morgan fingerprint density at radius 1 is 0.774 bits per heavy atom. The second-order valence-electron chi connectivity index (χ2n) is 21.1. The number of ether oxygens (including phenoxy) is 5. The number of aromatic nitrogens is 3. The number of hydrogen-bond acceptors (Lipinski definition) is 16. The van der Waals surface area contributed by atoms with Gasteiger partial charge in [0.1, 0.15) is 48.6 Å². The van der Waals surface area contributed by atoms with Gasteiger partial charge in [0, 0.05) is 56.0 Å². The van der Waals surface area contributed by atoms with Gasteiger partial charge in [0.05, 0.1) is 40.7 Å². The lowest BCUT2D eigenvalue weighted by molar-refractivity contribution is -0.384. The first-order valence-electron chi connectivity index (χ1n) is 27.6. The molecule has 5 aliphatic rings. The second-order valence-corrected chi connectivity index (χ2v) is 21.1. The lowest BCUT2D eigenvalue weighted by atomic mass is 9.64. The number of nitro groups is 1. The summed E-state index contributed by atoms with van der Waals surface area (Å²) in [5, 5.41) is 30.5. The monoisotopic (exact) mass is 1130 g/mol. The lowest BCUT2D eigenvalue weighted by Gasteiger charge is -2.46. The van der Waals surface area contributed by atoms with Crippen LogP contribution in [0, 0.1) is 27.9 Å². The predicted molar refractivity (Wildman–Crippen MR) is 303 cm³/mol. The molecule has 422 valence electrons. The van der Waals surface area contributed by atoms with Crippen molar-refractivity contribution in [1.82, 2.24) is 29.7 Å². The number of rotatable bonds is 13. The number of morpholine rings is 1. The minimum atomic E-state index is -2.19. The van der Waals surface area contributed by atoms with Gasteiger partial charge in [0.25, 0.3) is 5.69 Å². The van der Waals surface area contributed by atoms with Crippen molar-refractivity contribution in [3.63, 3.8) is 0 Å². The van der Waals surface area contributed by atoms with Crippen molar-refractivity contribution in [3.05, 3.63) is 219 Å². The maximum Gasteiger partial charge on any atom is 0.421 e. The number of aliphatic hydroxyl groups excluding tert-OH is 1. The summed E-state index contributed by atoms with van der Waals surface area (Å²) >= 11 is 0. The molecule has 1 spiro atoms. The van der Waals surface area contributed by atoms with Crippen LogP contribution in [0.3, 0.4) is 0 Å². The number of cyclic esters (lactones) is 1. The molecule has 13 rings (SSSR count). The molecule has 20 nitrogen and oxygen atoms in total. The van der Waals surface area contributed by atoms with Gasteiger partial charge < -0.3 is 33.7 Å². The number of hydrogen-bond donors (Lipinski definition) is 1. The summed E-state index contributed by atoms with van der Waals surface area (Å²) in [6.07, 6.45) is -2.10. The molecule has 1 N–H and O–H groups in total. The molecule has 0 unspecified atom stereocenters. The van der Waals surface area contributed by atoms with Crippen molar-refractivity contribution in [2.24, 2.45) is 5.92 Å². The second kappa shape index (κ2) is 22.4. The molecule has 7 aromatic carbocycles. The smallest absolute Gasteiger partial charge is 0.421 e. The fraction of sp³-hybridized carbons (Fsp3) is 0.250.